The fourth-order valence-electron chi connectivity index (χ4n) is 2.91. The zero-order valence-electron chi connectivity index (χ0n) is 17.5. The van der Waals surface area contributed by atoms with Gasteiger partial charge in [0.15, 0.2) is 0 Å². The molecule has 0 fully saturated rings. The van der Waals surface area contributed by atoms with Crippen molar-refractivity contribution in [1.29, 1.82) is 0 Å². The maximum Gasteiger partial charge on any atom is 0.322 e. The van der Waals surface area contributed by atoms with Gasteiger partial charge in [-0.15, -0.1) is 11.8 Å². The van der Waals surface area contributed by atoms with Crippen molar-refractivity contribution in [1.82, 2.24) is 14.8 Å². The van der Waals surface area contributed by atoms with Gasteiger partial charge in [0, 0.05) is 37.3 Å². The number of carbonyl (C=O) groups excluding carboxylic acids is 1. The molecule has 1 N–H and O–H groups in total. The number of rotatable bonds is 9. The molecule has 0 spiro atoms. The van der Waals surface area contributed by atoms with Gasteiger partial charge in [-0.05, 0) is 49.5 Å². The maximum absolute atomic E-state index is 13.0. The lowest BCUT2D eigenvalue weighted by Gasteiger charge is -2.25. The first-order valence-corrected chi connectivity index (χ1v) is 11.0. The molecule has 30 heavy (non-hydrogen) atoms. The Morgan fingerprint density at radius 3 is 2.43 bits per heavy atom. The molecule has 3 rings (SSSR count). The summed E-state index contributed by atoms with van der Waals surface area (Å²) >= 11 is 1.68. The minimum atomic E-state index is -0.0877. The van der Waals surface area contributed by atoms with Crippen molar-refractivity contribution in [2.75, 3.05) is 32.5 Å². The van der Waals surface area contributed by atoms with E-state index in [2.05, 4.69) is 21.3 Å². The number of anilines is 1. The number of thioether (sulfide) groups is 1. The van der Waals surface area contributed by atoms with E-state index in [0.717, 1.165) is 34.1 Å². The summed E-state index contributed by atoms with van der Waals surface area (Å²) in [6, 6.07) is 23.9. The number of amides is 2. The lowest BCUT2D eigenvalue weighted by molar-refractivity contribution is 0.202. The van der Waals surface area contributed by atoms with Crippen molar-refractivity contribution in [3.05, 3.63) is 90.1 Å². The third-order valence-corrected chi connectivity index (χ3v) is 5.54. The number of pyridine rings is 1. The maximum atomic E-state index is 13.0. The van der Waals surface area contributed by atoms with Crippen molar-refractivity contribution in [3.8, 4) is 0 Å². The van der Waals surface area contributed by atoms with E-state index in [1.165, 1.54) is 0 Å². The van der Waals surface area contributed by atoms with E-state index in [1.54, 1.807) is 18.0 Å². The van der Waals surface area contributed by atoms with Crippen LogP contribution in [0.2, 0.25) is 0 Å². The van der Waals surface area contributed by atoms with Gasteiger partial charge in [-0.2, -0.15) is 0 Å². The highest BCUT2D eigenvalue weighted by atomic mass is 32.2. The number of hydrogen-bond donors (Lipinski definition) is 1. The van der Waals surface area contributed by atoms with Gasteiger partial charge in [0.05, 0.1) is 5.03 Å². The average molecular weight is 421 g/mol. The van der Waals surface area contributed by atoms with Crippen LogP contribution in [0.3, 0.4) is 0 Å². The minimum absolute atomic E-state index is 0.0877. The Morgan fingerprint density at radius 1 is 0.933 bits per heavy atom. The molecule has 0 aliphatic rings. The number of likely N-dealkylation sites (N-methyl/N-ethyl adjacent to an activating group) is 1. The summed E-state index contributed by atoms with van der Waals surface area (Å²) in [5.41, 5.74) is 3.07. The van der Waals surface area contributed by atoms with Crippen LogP contribution < -0.4 is 5.32 Å². The zero-order valence-corrected chi connectivity index (χ0v) is 18.3. The largest absolute Gasteiger partial charge is 0.322 e. The number of hydrogen-bond acceptors (Lipinski definition) is 4. The van der Waals surface area contributed by atoms with Crippen molar-refractivity contribution in [3.63, 3.8) is 0 Å². The molecule has 3 aromatic rings. The Kier molecular flexibility index (Phi) is 8.30. The number of aromatic nitrogens is 1. The summed E-state index contributed by atoms with van der Waals surface area (Å²) in [5.74, 6) is 0.801. The van der Waals surface area contributed by atoms with Crippen LogP contribution in [0.5, 0.6) is 0 Å². The first kappa shape index (κ1) is 21.9. The highest BCUT2D eigenvalue weighted by molar-refractivity contribution is 7.98. The molecule has 156 valence electrons. The van der Waals surface area contributed by atoms with Gasteiger partial charge in [-0.1, -0.05) is 48.5 Å². The predicted molar refractivity (Wildman–Crippen MR) is 125 cm³/mol. The van der Waals surface area contributed by atoms with Crippen LogP contribution in [0.4, 0.5) is 10.5 Å². The Labute approximate surface area is 183 Å². The summed E-state index contributed by atoms with van der Waals surface area (Å²) < 4.78 is 0. The smallest absolute Gasteiger partial charge is 0.319 e. The highest BCUT2D eigenvalue weighted by Crippen LogP contribution is 2.22. The van der Waals surface area contributed by atoms with Gasteiger partial charge in [0.1, 0.15) is 0 Å². The molecule has 0 radical (unpaired) electrons. The van der Waals surface area contributed by atoms with Crippen molar-refractivity contribution < 1.29 is 4.79 Å². The van der Waals surface area contributed by atoms with E-state index >= 15 is 0 Å². The molecule has 0 unspecified atom stereocenters. The molecule has 0 atom stereocenters. The SMILES string of the molecule is CN(C)CCN(Cc1ccccc1)C(=O)Nc1cccc(CSc2ccccn2)c1. The number of nitrogens with one attached hydrogen (secondary N) is 1. The van der Waals surface area contributed by atoms with Gasteiger partial charge in [0.2, 0.25) is 0 Å². The molecule has 1 heterocycles. The highest BCUT2D eigenvalue weighted by Gasteiger charge is 2.14. The minimum Gasteiger partial charge on any atom is -0.319 e. The summed E-state index contributed by atoms with van der Waals surface area (Å²) in [5, 5.41) is 4.06. The number of carbonyl (C=O) groups is 1. The molecule has 0 aliphatic heterocycles. The van der Waals surface area contributed by atoms with Crippen molar-refractivity contribution in [2.45, 2.75) is 17.3 Å². The van der Waals surface area contributed by atoms with Gasteiger partial charge in [0.25, 0.3) is 0 Å². The van der Waals surface area contributed by atoms with Crippen molar-refractivity contribution in [2.24, 2.45) is 0 Å². The molecular weight excluding hydrogens is 392 g/mol. The fourth-order valence-corrected chi connectivity index (χ4v) is 3.71. The van der Waals surface area contributed by atoms with E-state index in [4.69, 9.17) is 0 Å². The second-order valence-corrected chi connectivity index (χ2v) is 8.29. The first-order chi connectivity index (χ1) is 14.6. The van der Waals surface area contributed by atoms with Crippen LogP contribution in [-0.4, -0.2) is 48.0 Å². The third kappa shape index (κ3) is 7.21. The molecule has 5 nitrogen and oxygen atoms in total. The van der Waals surface area contributed by atoms with E-state index in [9.17, 15) is 4.79 Å². The quantitative estimate of drug-likeness (QED) is 0.497. The van der Waals surface area contributed by atoms with E-state index in [0.29, 0.717) is 13.1 Å². The molecule has 2 aromatic carbocycles. The van der Waals surface area contributed by atoms with E-state index in [-0.39, 0.29) is 6.03 Å². The van der Waals surface area contributed by atoms with Gasteiger partial charge >= 0.3 is 6.03 Å². The Balaban J connectivity index is 1.63. The molecule has 6 heteroatoms. The molecule has 0 aliphatic carbocycles. The first-order valence-electron chi connectivity index (χ1n) is 9.97. The standard InChI is InChI=1S/C24H28N4OS/c1-27(2)15-16-28(18-20-9-4-3-5-10-20)24(29)26-22-12-8-11-21(17-22)19-30-23-13-6-7-14-25-23/h3-14,17H,15-16,18-19H2,1-2H3,(H,26,29). The summed E-state index contributed by atoms with van der Waals surface area (Å²) in [6.45, 7) is 2.04. The number of urea groups is 1. The molecule has 0 bridgehead atoms. The van der Waals surface area contributed by atoms with Gasteiger partial charge in [-0.3, -0.25) is 0 Å². The molecular formula is C24H28N4OS. The topological polar surface area (TPSA) is 48.5 Å². The zero-order chi connectivity index (χ0) is 21.2. The Hall–Kier alpha value is -2.83. The normalized spacial score (nSPS) is 10.8. The van der Waals surface area contributed by atoms with E-state index in [1.807, 2.05) is 85.7 Å². The lowest BCUT2D eigenvalue weighted by Crippen LogP contribution is -2.39. The molecule has 2 amide bonds. The van der Waals surface area contributed by atoms with Crippen LogP contribution >= 0.6 is 11.8 Å². The van der Waals surface area contributed by atoms with Gasteiger partial charge in [-0.25, -0.2) is 9.78 Å². The van der Waals surface area contributed by atoms with Gasteiger partial charge < -0.3 is 15.1 Å². The lowest BCUT2D eigenvalue weighted by atomic mass is 10.2. The van der Waals surface area contributed by atoms with Crippen LogP contribution in [-0.2, 0) is 12.3 Å². The second kappa shape index (κ2) is 11.4. The average Bonchev–Trinajstić information content (AvgIpc) is 2.76. The molecule has 1 aromatic heterocycles. The van der Waals surface area contributed by atoms with E-state index < -0.39 is 0 Å². The number of nitrogens with zero attached hydrogens (tertiary/aromatic N) is 3. The van der Waals surface area contributed by atoms with Crippen LogP contribution in [0.25, 0.3) is 0 Å². The fraction of sp³-hybridized carbons (Fsp3) is 0.250. The monoisotopic (exact) mass is 420 g/mol. The van der Waals surface area contributed by atoms with Crippen LogP contribution in [0.15, 0.2) is 84.0 Å². The number of benzene rings is 2. The predicted octanol–water partition coefficient (Wildman–Crippen LogP) is 4.97. The Bertz CT molecular complexity index is 919. The summed E-state index contributed by atoms with van der Waals surface area (Å²) in [6.07, 6.45) is 1.80. The van der Waals surface area contributed by atoms with Crippen LogP contribution in [0.1, 0.15) is 11.1 Å². The second-order valence-electron chi connectivity index (χ2n) is 7.30. The molecule has 0 saturated carbocycles. The summed E-state index contributed by atoms with van der Waals surface area (Å²) in [4.78, 5) is 21.3. The Morgan fingerprint density at radius 2 is 1.70 bits per heavy atom. The molecule has 0 saturated heterocycles. The van der Waals surface area contributed by atoms with Crippen molar-refractivity contribution >= 4 is 23.5 Å². The third-order valence-electron chi connectivity index (χ3n) is 4.52. The van der Waals surface area contributed by atoms with Crippen LogP contribution in [0, 0.1) is 0 Å². The summed E-state index contributed by atoms with van der Waals surface area (Å²) in [7, 11) is 4.03.